The van der Waals surface area contributed by atoms with E-state index in [1.165, 1.54) is 40.3 Å². The lowest BCUT2D eigenvalue weighted by molar-refractivity contribution is -0.274. The summed E-state index contributed by atoms with van der Waals surface area (Å²) in [5.41, 5.74) is -0.230. The van der Waals surface area contributed by atoms with E-state index in [1.54, 1.807) is 0 Å². The van der Waals surface area contributed by atoms with Crippen molar-refractivity contribution in [2.45, 2.75) is 18.8 Å². The summed E-state index contributed by atoms with van der Waals surface area (Å²) in [5.74, 6) is -1.80. The molecule has 160 valence electrons. The quantitative estimate of drug-likeness (QED) is 0.571. The second kappa shape index (κ2) is 7.82. The Morgan fingerprint density at radius 3 is 2.48 bits per heavy atom. The van der Waals surface area contributed by atoms with E-state index in [4.69, 9.17) is 0 Å². The minimum absolute atomic E-state index is 0.0132. The fraction of sp³-hybridized carbons (Fsp3) is 0.150. The van der Waals surface area contributed by atoms with Crippen molar-refractivity contribution in [1.29, 1.82) is 0 Å². The molecule has 11 heteroatoms. The van der Waals surface area contributed by atoms with Gasteiger partial charge in [0.15, 0.2) is 0 Å². The molecule has 1 aliphatic heterocycles. The highest BCUT2D eigenvalue weighted by atomic mass is 19.4. The van der Waals surface area contributed by atoms with Crippen LogP contribution in [0.5, 0.6) is 5.75 Å². The van der Waals surface area contributed by atoms with Crippen molar-refractivity contribution in [3.8, 4) is 11.4 Å². The largest absolute Gasteiger partial charge is 0.573 e. The van der Waals surface area contributed by atoms with Gasteiger partial charge in [-0.2, -0.15) is 10.2 Å². The van der Waals surface area contributed by atoms with Gasteiger partial charge in [0, 0.05) is 31.0 Å². The molecule has 6 nitrogen and oxygen atoms in total. The van der Waals surface area contributed by atoms with Crippen LogP contribution in [0.1, 0.15) is 18.2 Å². The third-order valence-corrected chi connectivity index (χ3v) is 4.47. The van der Waals surface area contributed by atoms with Crippen LogP contribution in [0, 0.1) is 11.6 Å². The maximum atomic E-state index is 14.2. The van der Waals surface area contributed by atoms with Gasteiger partial charge in [-0.15, -0.1) is 13.2 Å². The van der Waals surface area contributed by atoms with Crippen LogP contribution >= 0.6 is 0 Å². The van der Waals surface area contributed by atoms with E-state index in [2.05, 4.69) is 14.9 Å². The topological polar surface area (TPSA) is 59.7 Å². The summed E-state index contributed by atoms with van der Waals surface area (Å²) in [4.78, 5) is 12.5. The highest BCUT2D eigenvalue weighted by Gasteiger charge is 2.31. The third-order valence-electron chi connectivity index (χ3n) is 4.47. The van der Waals surface area contributed by atoms with Gasteiger partial charge in [0.1, 0.15) is 29.1 Å². The van der Waals surface area contributed by atoms with Gasteiger partial charge in [0.2, 0.25) is 5.43 Å². The van der Waals surface area contributed by atoms with Crippen LogP contribution in [0.25, 0.3) is 5.69 Å². The van der Waals surface area contributed by atoms with E-state index in [0.29, 0.717) is 5.69 Å². The average Bonchev–Trinajstić information content (AvgIpc) is 3.19. The number of hydrogen-bond donors (Lipinski definition) is 0. The molecule has 0 saturated heterocycles. The number of hydrogen-bond acceptors (Lipinski definition) is 5. The summed E-state index contributed by atoms with van der Waals surface area (Å²) in [5, 5.41) is 9.48. The van der Waals surface area contributed by atoms with Crippen molar-refractivity contribution in [2.24, 2.45) is 5.10 Å². The Kier molecular flexibility index (Phi) is 5.17. The van der Waals surface area contributed by atoms with Crippen molar-refractivity contribution in [1.82, 2.24) is 9.78 Å². The van der Waals surface area contributed by atoms with E-state index in [9.17, 15) is 26.7 Å². The number of anilines is 1. The van der Waals surface area contributed by atoms with Crippen molar-refractivity contribution < 1.29 is 26.7 Å². The normalized spacial score (nSPS) is 16.0. The maximum absolute atomic E-state index is 14.2. The Bertz CT molecular complexity index is 1190. The molecule has 0 N–H and O–H groups in total. The summed E-state index contributed by atoms with van der Waals surface area (Å²) in [6, 6.07) is 8.20. The molecular formula is C20H13F5N4O2. The van der Waals surface area contributed by atoms with E-state index >= 15 is 0 Å². The third kappa shape index (κ3) is 4.39. The smallest absolute Gasteiger partial charge is 0.406 e. The Labute approximate surface area is 171 Å². The van der Waals surface area contributed by atoms with Gasteiger partial charge >= 0.3 is 6.36 Å². The van der Waals surface area contributed by atoms with Crippen molar-refractivity contribution in [2.75, 3.05) is 5.01 Å². The molecule has 1 atom stereocenters. The Balaban J connectivity index is 1.67. The van der Waals surface area contributed by atoms with E-state index in [-0.39, 0.29) is 17.8 Å². The molecule has 0 aliphatic carbocycles. The molecule has 1 unspecified atom stereocenters. The second-order valence-corrected chi connectivity index (χ2v) is 6.54. The molecule has 31 heavy (non-hydrogen) atoms. The minimum Gasteiger partial charge on any atom is -0.406 e. The van der Waals surface area contributed by atoms with Crippen LogP contribution in [-0.4, -0.2) is 22.4 Å². The zero-order valence-corrected chi connectivity index (χ0v) is 15.6. The molecule has 0 saturated carbocycles. The van der Waals surface area contributed by atoms with Gasteiger partial charge in [0.05, 0.1) is 11.4 Å². The Morgan fingerprint density at radius 2 is 1.77 bits per heavy atom. The van der Waals surface area contributed by atoms with Gasteiger partial charge in [0.25, 0.3) is 0 Å². The predicted octanol–water partition coefficient (Wildman–Crippen LogP) is 4.35. The van der Waals surface area contributed by atoms with Crippen molar-refractivity contribution in [3.63, 3.8) is 0 Å². The average molecular weight is 436 g/mol. The first-order valence-corrected chi connectivity index (χ1v) is 8.94. The summed E-state index contributed by atoms with van der Waals surface area (Å²) < 4.78 is 69.9. The van der Waals surface area contributed by atoms with E-state index < -0.39 is 35.2 Å². The first-order chi connectivity index (χ1) is 14.7. The Morgan fingerprint density at radius 1 is 1.03 bits per heavy atom. The van der Waals surface area contributed by atoms with Gasteiger partial charge in [-0.1, -0.05) is 0 Å². The van der Waals surface area contributed by atoms with Crippen LogP contribution in [0.15, 0.2) is 64.6 Å². The van der Waals surface area contributed by atoms with Crippen LogP contribution in [0.2, 0.25) is 0 Å². The number of ether oxygens (including phenoxy) is 1. The molecule has 0 spiro atoms. The zero-order chi connectivity index (χ0) is 22.2. The molecule has 4 rings (SSSR count). The number of benzene rings is 2. The van der Waals surface area contributed by atoms with Crippen LogP contribution in [0.3, 0.4) is 0 Å². The summed E-state index contributed by atoms with van der Waals surface area (Å²) >= 11 is 0. The number of rotatable bonds is 4. The molecule has 2 heterocycles. The number of nitrogens with zero attached hydrogens (tertiary/aromatic N) is 4. The zero-order valence-electron chi connectivity index (χ0n) is 15.6. The number of aromatic nitrogens is 2. The summed E-state index contributed by atoms with van der Waals surface area (Å²) in [6.07, 6.45) is -1.80. The molecule has 2 aromatic carbocycles. The van der Waals surface area contributed by atoms with Gasteiger partial charge in [-0.3, -0.25) is 9.80 Å². The SMILES string of the molecule is O=c1ccn(-c2ccc(OC(F)(F)F)cc2)nc1C1CC=NN1c1cc(F)ccc1F. The first kappa shape index (κ1) is 20.5. The standard InChI is InChI=1S/C20H13F5N4O2/c21-12-1-6-15(22)17(11-12)29-16(7-9-26-29)19-18(30)8-10-28(27-19)13-2-4-14(5-3-13)31-20(23,24)25/h1-6,8-11,16H,7H2. The van der Waals surface area contributed by atoms with Gasteiger partial charge < -0.3 is 4.74 Å². The van der Waals surface area contributed by atoms with Crippen molar-refractivity contribution in [3.05, 3.63) is 82.3 Å². The fourth-order valence-electron chi connectivity index (χ4n) is 3.13. The molecule has 0 bridgehead atoms. The fourth-order valence-corrected chi connectivity index (χ4v) is 3.13. The van der Waals surface area contributed by atoms with E-state index in [1.807, 2.05) is 0 Å². The lowest BCUT2D eigenvalue weighted by Crippen LogP contribution is -2.28. The number of halogens is 5. The lowest BCUT2D eigenvalue weighted by atomic mass is 10.1. The highest BCUT2D eigenvalue weighted by Crippen LogP contribution is 2.33. The first-order valence-electron chi connectivity index (χ1n) is 8.94. The second-order valence-electron chi connectivity index (χ2n) is 6.54. The Hall–Kier alpha value is -3.76. The molecule has 3 aromatic rings. The molecular weight excluding hydrogens is 423 g/mol. The van der Waals surface area contributed by atoms with Gasteiger partial charge in [-0.25, -0.2) is 13.5 Å². The van der Waals surface area contributed by atoms with Gasteiger partial charge in [-0.05, 0) is 36.4 Å². The lowest BCUT2D eigenvalue weighted by Gasteiger charge is -2.23. The number of hydrazone groups is 1. The highest BCUT2D eigenvalue weighted by molar-refractivity contribution is 5.67. The maximum Gasteiger partial charge on any atom is 0.573 e. The molecule has 0 radical (unpaired) electrons. The summed E-state index contributed by atoms with van der Waals surface area (Å²) in [7, 11) is 0. The molecule has 1 aromatic heterocycles. The van der Waals surface area contributed by atoms with E-state index in [0.717, 1.165) is 30.3 Å². The minimum atomic E-state index is -4.82. The monoisotopic (exact) mass is 436 g/mol. The molecule has 0 amide bonds. The molecule has 0 fully saturated rings. The summed E-state index contributed by atoms with van der Waals surface area (Å²) in [6.45, 7) is 0. The van der Waals surface area contributed by atoms with Crippen LogP contribution in [0.4, 0.5) is 27.6 Å². The number of alkyl halides is 3. The van der Waals surface area contributed by atoms with Crippen LogP contribution < -0.4 is 15.2 Å². The van der Waals surface area contributed by atoms with Crippen LogP contribution in [-0.2, 0) is 0 Å². The predicted molar refractivity (Wildman–Crippen MR) is 101 cm³/mol. The van der Waals surface area contributed by atoms with Crippen molar-refractivity contribution >= 4 is 11.9 Å². The molecule has 1 aliphatic rings.